The SMILES string of the molecule is Cc1nc(NN)c(C)c(NC2(C)CCCCC2)n1. The minimum absolute atomic E-state index is 0.148. The first-order valence-electron chi connectivity index (χ1n) is 6.64. The van der Waals surface area contributed by atoms with E-state index < -0.39 is 0 Å². The van der Waals surface area contributed by atoms with Gasteiger partial charge in [0.05, 0.1) is 0 Å². The molecule has 1 aromatic heterocycles. The third-order valence-electron chi connectivity index (χ3n) is 3.77. The molecule has 0 atom stereocenters. The van der Waals surface area contributed by atoms with E-state index in [1.807, 2.05) is 13.8 Å². The van der Waals surface area contributed by atoms with Crippen molar-refractivity contribution in [1.29, 1.82) is 0 Å². The molecule has 0 bridgehead atoms. The van der Waals surface area contributed by atoms with Gasteiger partial charge in [-0.1, -0.05) is 19.3 Å². The zero-order valence-electron chi connectivity index (χ0n) is 11.5. The molecule has 1 aromatic rings. The van der Waals surface area contributed by atoms with Gasteiger partial charge in [0.15, 0.2) is 0 Å². The van der Waals surface area contributed by atoms with Crippen LogP contribution in [0.25, 0.3) is 0 Å². The monoisotopic (exact) mass is 249 g/mol. The number of hydrogen-bond acceptors (Lipinski definition) is 5. The molecular weight excluding hydrogens is 226 g/mol. The fraction of sp³-hybridized carbons (Fsp3) is 0.692. The quantitative estimate of drug-likeness (QED) is 0.567. The maximum Gasteiger partial charge on any atom is 0.148 e. The van der Waals surface area contributed by atoms with Gasteiger partial charge in [0.25, 0.3) is 0 Å². The number of nitrogens with one attached hydrogen (secondary N) is 2. The Labute approximate surface area is 109 Å². The van der Waals surface area contributed by atoms with Gasteiger partial charge in [-0.15, -0.1) is 0 Å². The molecule has 100 valence electrons. The van der Waals surface area contributed by atoms with E-state index in [1.165, 1.54) is 32.1 Å². The highest BCUT2D eigenvalue weighted by Gasteiger charge is 2.27. The lowest BCUT2D eigenvalue weighted by Gasteiger charge is -2.35. The number of rotatable bonds is 3. The topological polar surface area (TPSA) is 75.9 Å². The van der Waals surface area contributed by atoms with Crippen molar-refractivity contribution in [2.24, 2.45) is 5.84 Å². The van der Waals surface area contributed by atoms with Gasteiger partial charge < -0.3 is 10.7 Å². The molecular formula is C13H23N5. The number of aryl methyl sites for hydroxylation is 1. The molecule has 0 amide bonds. The second-order valence-corrected chi connectivity index (χ2v) is 5.48. The highest BCUT2D eigenvalue weighted by atomic mass is 15.3. The molecule has 1 fully saturated rings. The molecule has 5 nitrogen and oxygen atoms in total. The summed E-state index contributed by atoms with van der Waals surface area (Å²) < 4.78 is 0. The molecule has 4 N–H and O–H groups in total. The van der Waals surface area contributed by atoms with E-state index >= 15 is 0 Å². The molecule has 2 rings (SSSR count). The molecule has 18 heavy (non-hydrogen) atoms. The summed E-state index contributed by atoms with van der Waals surface area (Å²) in [7, 11) is 0. The number of aromatic nitrogens is 2. The van der Waals surface area contributed by atoms with Crippen LogP contribution >= 0.6 is 0 Å². The van der Waals surface area contributed by atoms with Crippen LogP contribution in [0.3, 0.4) is 0 Å². The highest BCUT2D eigenvalue weighted by molar-refractivity contribution is 5.57. The minimum Gasteiger partial charge on any atom is -0.365 e. The van der Waals surface area contributed by atoms with Gasteiger partial charge in [0.1, 0.15) is 17.5 Å². The number of anilines is 2. The summed E-state index contributed by atoms with van der Waals surface area (Å²) in [6.07, 6.45) is 6.31. The Balaban J connectivity index is 2.25. The highest BCUT2D eigenvalue weighted by Crippen LogP contribution is 2.32. The number of hydrogen-bond donors (Lipinski definition) is 3. The Kier molecular flexibility index (Phi) is 3.71. The van der Waals surface area contributed by atoms with Crippen LogP contribution in [-0.2, 0) is 0 Å². The lowest BCUT2D eigenvalue weighted by Crippen LogP contribution is -2.37. The largest absolute Gasteiger partial charge is 0.365 e. The standard InChI is InChI=1S/C13H23N5/c1-9-11(15-10(2)16-12(9)18-14)17-13(3)7-5-4-6-8-13/h4-8,14H2,1-3H3,(H2,15,16,17,18). The van der Waals surface area contributed by atoms with Crippen molar-refractivity contribution in [3.63, 3.8) is 0 Å². The summed E-state index contributed by atoms with van der Waals surface area (Å²) in [5.41, 5.74) is 3.76. The lowest BCUT2D eigenvalue weighted by molar-refractivity contribution is 0.348. The number of hydrazine groups is 1. The second kappa shape index (κ2) is 5.10. The Bertz CT molecular complexity index is 424. The van der Waals surface area contributed by atoms with Crippen LogP contribution < -0.4 is 16.6 Å². The average Bonchev–Trinajstić information content (AvgIpc) is 2.34. The Hall–Kier alpha value is -1.36. The summed E-state index contributed by atoms with van der Waals surface area (Å²) in [6.45, 7) is 6.15. The number of nitrogen functional groups attached to an aromatic ring is 1. The smallest absolute Gasteiger partial charge is 0.148 e. The average molecular weight is 249 g/mol. The van der Waals surface area contributed by atoms with Gasteiger partial charge >= 0.3 is 0 Å². The fourth-order valence-electron chi connectivity index (χ4n) is 2.63. The van der Waals surface area contributed by atoms with Crippen LogP contribution in [-0.4, -0.2) is 15.5 Å². The van der Waals surface area contributed by atoms with Crippen molar-refractivity contribution >= 4 is 11.6 Å². The van der Waals surface area contributed by atoms with Crippen molar-refractivity contribution in [3.05, 3.63) is 11.4 Å². The van der Waals surface area contributed by atoms with Crippen LogP contribution in [0.15, 0.2) is 0 Å². The van der Waals surface area contributed by atoms with Gasteiger partial charge in [-0.3, -0.25) is 0 Å². The molecule has 0 unspecified atom stereocenters. The zero-order valence-corrected chi connectivity index (χ0v) is 11.5. The predicted octanol–water partition coefficient (Wildman–Crippen LogP) is 2.51. The van der Waals surface area contributed by atoms with Gasteiger partial charge in [-0.05, 0) is 33.6 Å². The summed E-state index contributed by atoms with van der Waals surface area (Å²) in [4.78, 5) is 8.78. The molecule has 0 saturated heterocycles. The fourth-order valence-corrected chi connectivity index (χ4v) is 2.63. The molecule has 1 saturated carbocycles. The third-order valence-corrected chi connectivity index (χ3v) is 3.77. The molecule has 5 heteroatoms. The third kappa shape index (κ3) is 2.72. The minimum atomic E-state index is 0.148. The molecule has 0 aliphatic heterocycles. The Morgan fingerprint density at radius 3 is 2.28 bits per heavy atom. The van der Waals surface area contributed by atoms with E-state index in [1.54, 1.807) is 0 Å². The van der Waals surface area contributed by atoms with Crippen LogP contribution in [0.4, 0.5) is 11.6 Å². The predicted molar refractivity (Wildman–Crippen MR) is 74.4 cm³/mol. The van der Waals surface area contributed by atoms with Crippen LogP contribution in [0.1, 0.15) is 50.4 Å². The van der Waals surface area contributed by atoms with Crippen molar-refractivity contribution < 1.29 is 0 Å². The van der Waals surface area contributed by atoms with E-state index in [9.17, 15) is 0 Å². The first kappa shape index (κ1) is 13.1. The molecule has 1 aliphatic rings. The van der Waals surface area contributed by atoms with Gasteiger partial charge in [0.2, 0.25) is 0 Å². The molecule has 0 radical (unpaired) electrons. The van der Waals surface area contributed by atoms with Gasteiger partial charge in [-0.2, -0.15) is 0 Å². The Morgan fingerprint density at radius 2 is 1.67 bits per heavy atom. The van der Waals surface area contributed by atoms with Crippen LogP contribution in [0, 0.1) is 13.8 Å². The normalized spacial score (nSPS) is 18.4. The van der Waals surface area contributed by atoms with Crippen molar-refractivity contribution in [2.45, 2.75) is 58.4 Å². The van der Waals surface area contributed by atoms with Crippen LogP contribution in [0.5, 0.6) is 0 Å². The van der Waals surface area contributed by atoms with Crippen molar-refractivity contribution in [3.8, 4) is 0 Å². The van der Waals surface area contributed by atoms with Gasteiger partial charge in [-0.25, -0.2) is 15.8 Å². The summed E-state index contributed by atoms with van der Waals surface area (Å²) in [5.74, 6) is 7.82. The molecule has 1 heterocycles. The maximum absolute atomic E-state index is 5.49. The van der Waals surface area contributed by atoms with E-state index in [-0.39, 0.29) is 5.54 Å². The maximum atomic E-state index is 5.49. The lowest BCUT2D eigenvalue weighted by atomic mass is 9.83. The first-order chi connectivity index (χ1) is 8.54. The summed E-state index contributed by atoms with van der Waals surface area (Å²) >= 11 is 0. The van der Waals surface area contributed by atoms with E-state index in [0.29, 0.717) is 5.82 Å². The summed E-state index contributed by atoms with van der Waals surface area (Å²) in [5, 5.41) is 3.59. The van der Waals surface area contributed by atoms with Crippen molar-refractivity contribution in [1.82, 2.24) is 9.97 Å². The van der Waals surface area contributed by atoms with E-state index in [2.05, 4.69) is 27.6 Å². The van der Waals surface area contributed by atoms with Gasteiger partial charge in [0, 0.05) is 11.1 Å². The molecule has 1 aliphatic carbocycles. The van der Waals surface area contributed by atoms with E-state index in [4.69, 9.17) is 5.84 Å². The Morgan fingerprint density at radius 1 is 1.06 bits per heavy atom. The molecule has 0 spiro atoms. The zero-order chi connectivity index (χ0) is 13.2. The van der Waals surface area contributed by atoms with Crippen molar-refractivity contribution in [2.75, 3.05) is 10.7 Å². The number of nitrogens with zero attached hydrogens (tertiary/aromatic N) is 2. The molecule has 0 aromatic carbocycles. The number of nitrogens with two attached hydrogens (primary N) is 1. The first-order valence-corrected chi connectivity index (χ1v) is 6.64. The van der Waals surface area contributed by atoms with Crippen LogP contribution in [0.2, 0.25) is 0 Å². The summed E-state index contributed by atoms with van der Waals surface area (Å²) in [6, 6.07) is 0. The van der Waals surface area contributed by atoms with E-state index in [0.717, 1.165) is 17.2 Å². The second-order valence-electron chi connectivity index (χ2n) is 5.48.